The molecule has 4 rings (SSSR count). The van der Waals surface area contributed by atoms with Gasteiger partial charge < -0.3 is 15.4 Å². The van der Waals surface area contributed by atoms with Crippen LogP contribution in [0.1, 0.15) is 16.7 Å². The Bertz CT molecular complexity index is 1150. The van der Waals surface area contributed by atoms with Crippen LogP contribution < -0.4 is 15.4 Å². The number of hydrogen-bond acceptors (Lipinski definition) is 4. The van der Waals surface area contributed by atoms with Gasteiger partial charge in [-0.1, -0.05) is 72.8 Å². The van der Waals surface area contributed by atoms with Crippen molar-refractivity contribution in [1.29, 1.82) is 0 Å². The molecular weight excluding hydrogens is 456 g/mol. The number of carbonyl (C=O) groups is 3. The van der Waals surface area contributed by atoms with Gasteiger partial charge in [0, 0.05) is 6.54 Å². The van der Waals surface area contributed by atoms with Gasteiger partial charge in [-0.3, -0.25) is 14.5 Å². The molecule has 1 aliphatic rings. The van der Waals surface area contributed by atoms with Crippen LogP contribution in [0.2, 0.25) is 0 Å². The second kappa shape index (κ2) is 10.3. The predicted molar refractivity (Wildman–Crippen MR) is 124 cm³/mol. The van der Waals surface area contributed by atoms with Gasteiger partial charge in [-0.2, -0.15) is 8.78 Å². The number of hydrogen-bond donors (Lipinski definition) is 2. The SMILES string of the molecule is O=C(CN1C(=O)NC(c2ccccc2)(c2ccccc2)C1=O)NCCc1ccc(OC(F)F)cc1. The van der Waals surface area contributed by atoms with Crippen molar-refractivity contribution < 1.29 is 27.9 Å². The Kier molecular flexibility index (Phi) is 7.05. The lowest BCUT2D eigenvalue weighted by Crippen LogP contribution is -2.46. The van der Waals surface area contributed by atoms with Gasteiger partial charge in [-0.15, -0.1) is 0 Å². The fraction of sp³-hybridized carbons (Fsp3) is 0.192. The Balaban J connectivity index is 1.42. The lowest BCUT2D eigenvalue weighted by Gasteiger charge is -2.28. The molecule has 0 atom stereocenters. The van der Waals surface area contributed by atoms with Crippen molar-refractivity contribution in [2.75, 3.05) is 13.1 Å². The quantitative estimate of drug-likeness (QED) is 0.461. The molecule has 0 spiro atoms. The van der Waals surface area contributed by atoms with Crippen LogP contribution in [0.5, 0.6) is 5.75 Å². The second-order valence-corrected chi connectivity index (χ2v) is 7.93. The highest BCUT2D eigenvalue weighted by atomic mass is 19.3. The molecule has 0 saturated carbocycles. The van der Waals surface area contributed by atoms with E-state index >= 15 is 0 Å². The molecule has 9 heteroatoms. The van der Waals surface area contributed by atoms with E-state index in [0.717, 1.165) is 10.5 Å². The van der Waals surface area contributed by atoms with Gasteiger partial charge in [-0.25, -0.2) is 4.79 Å². The zero-order valence-electron chi connectivity index (χ0n) is 18.6. The van der Waals surface area contributed by atoms with E-state index in [2.05, 4.69) is 15.4 Å². The normalized spacial score (nSPS) is 14.7. The minimum absolute atomic E-state index is 0.0478. The first kappa shape index (κ1) is 23.9. The summed E-state index contributed by atoms with van der Waals surface area (Å²) in [7, 11) is 0. The molecule has 0 aliphatic carbocycles. The van der Waals surface area contributed by atoms with Crippen LogP contribution in [0.25, 0.3) is 0 Å². The van der Waals surface area contributed by atoms with Crippen molar-refractivity contribution in [2.24, 2.45) is 0 Å². The molecule has 3 aromatic rings. The highest BCUT2D eigenvalue weighted by Crippen LogP contribution is 2.35. The number of nitrogens with one attached hydrogen (secondary N) is 2. The summed E-state index contributed by atoms with van der Waals surface area (Å²) in [5.41, 5.74) is 0.551. The Morgan fingerprint density at radius 2 is 1.49 bits per heavy atom. The molecule has 0 aromatic heterocycles. The Labute approximate surface area is 200 Å². The van der Waals surface area contributed by atoms with Crippen molar-refractivity contribution in [3.8, 4) is 5.75 Å². The summed E-state index contributed by atoms with van der Waals surface area (Å²) in [6, 6.07) is 23.2. The molecule has 2 N–H and O–H groups in total. The maximum atomic E-state index is 13.6. The number of imide groups is 1. The largest absolute Gasteiger partial charge is 0.435 e. The molecule has 3 aromatic carbocycles. The zero-order chi connectivity index (χ0) is 24.8. The smallest absolute Gasteiger partial charge is 0.387 e. The highest BCUT2D eigenvalue weighted by Gasteiger charge is 2.53. The van der Waals surface area contributed by atoms with E-state index in [0.29, 0.717) is 17.5 Å². The first-order chi connectivity index (χ1) is 16.9. The number of nitrogens with zero attached hydrogens (tertiary/aromatic N) is 1. The van der Waals surface area contributed by atoms with Crippen molar-refractivity contribution in [3.05, 3.63) is 102 Å². The summed E-state index contributed by atoms with van der Waals surface area (Å²) in [6.07, 6.45) is 0.429. The number of ether oxygens (including phenoxy) is 1. The summed E-state index contributed by atoms with van der Waals surface area (Å²) in [6.45, 7) is -3.10. The van der Waals surface area contributed by atoms with Gasteiger partial charge in [0.2, 0.25) is 5.91 Å². The fourth-order valence-electron chi connectivity index (χ4n) is 4.04. The van der Waals surface area contributed by atoms with Crippen LogP contribution in [0, 0.1) is 0 Å². The summed E-state index contributed by atoms with van der Waals surface area (Å²) in [5.74, 6) is -0.987. The van der Waals surface area contributed by atoms with Crippen molar-refractivity contribution >= 4 is 17.8 Å². The van der Waals surface area contributed by atoms with Crippen molar-refractivity contribution in [3.63, 3.8) is 0 Å². The number of alkyl halides is 2. The van der Waals surface area contributed by atoms with E-state index in [1.807, 2.05) is 12.1 Å². The van der Waals surface area contributed by atoms with E-state index in [-0.39, 0.29) is 12.3 Å². The topological polar surface area (TPSA) is 87.7 Å². The average Bonchev–Trinajstić information content (AvgIpc) is 3.11. The van der Waals surface area contributed by atoms with Crippen LogP contribution in [-0.2, 0) is 21.5 Å². The van der Waals surface area contributed by atoms with Crippen molar-refractivity contribution in [2.45, 2.75) is 18.6 Å². The summed E-state index contributed by atoms with van der Waals surface area (Å²) in [4.78, 5) is 39.9. The lowest BCUT2D eigenvalue weighted by atomic mass is 9.82. The third kappa shape index (κ3) is 5.13. The molecule has 1 heterocycles. The summed E-state index contributed by atoms with van der Waals surface area (Å²) in [5, 5.41) is 5.49. The Hall–Kier alpha value is -4.27. The minimum Gasteiger partial charge on any atom is -0.435 e. The number of carbonyl (C=O) groups excluding carboxylic acids is 3. The number of halogens is 2. The van der Waals surface area contributed by atoms with Gasteiger partial charge in [0.25, 0.3) is 5.91 Å². The Morgan fingerprint density at radius 1 is 0.914 bits per heavy atom. The lowest BCUT2D eigenvalue weighted by molar-refractivity contribution is -0.134. The van der Waals surface area contributed by atoms with Gasteiger partial charge in [0.1, 0.15) is 12.3 Å². The third-order valence-electron chi connectivity index (χ3n) is 5.71. The molecule has 0 bridgehead atoms. The molecule has 0 radical (unpaired) electrons. The summed E-state index contributed by atoms with van der Waals surface area (Å²) >= 11 is 0. The van der Waals surface area contributed by atoms with Crippen LogP contribution >= 0.6 is 0 Å². The average molecular weight is 479 g/mol. The van der Waals surface area contributed by atoms with Crippen LogP contribution in [-0.4, -0.2) is 42.4 Å². The van der Waals surface area contributed by atoms with Gasteiger partial charge >= 0.3 is 12.6 Å². The molecular formula is C26H23F2N3O4. The molecule has 1 saturated heterocycles. The number of amides is 4. The predicted octanol–water partition coefficient (Wildman–Crippen LogP) is 3.44. The highest BCUT2D eigenvalue weighted by molar-refractivity contribution is 6.11. The van der Waals surface area contributed by atoms with E-state index in [9.17, 15) is 23.2 Å². The van der Waals surface area contributed by atoms with Gasteiger partial charge in [0.15, 0.2) is 5.54 Å². The first-order valence-corrected chi connectivity index (χ1v) is 11.0. The number of urea groups is 1. The second-order valence-electron chi connectivity index (χ2n) is 7.93. The summed E-state index contributed by atoms with van der Waals surface area (Å²) < 4.78 is 28.8. The van der Waals surface area contributed by atoms with Gasteiger partial charge in [-0.05, 0) is 35.2 Å². The molecule has 180 valence electrons. The molecule has 7 nitrogen and oxygen atoms in total. The van der Waals surface area contributed by atoms with Crippen LogP contribution in [0.15, 0.2) is 84.9 Å². The minimum atomic E-state index is -2.90. The maximum absolute atomic E-state index is 13.6. The van der Waals surface area contributed by atoms with Crippen molar-refractivity contribution in [1.82, 2.24) is 15.5 Å². The maximum Gasteiger partial charge on any atom is 0.387 e. The third-order valence-corrected chi connectivity index (χ3v) is 5.71. The molecule has 4 amide bonds. The number of rotatable bonds is 9. The number of benzene rings is 3. The van der Waals surface area contributed by atoms with E-state index in [1.54, 1.807) is 60.7 Å². The fourth-order valence-corrected chi connectivity index (χ4v) is 4.04. The van der Waals surface area contributed by atoms with E-state index in [1.165, 1.54) is 12.1 Å². The molecule has 1 aliphatic heterocycles. The first-order valence-electron chi connectivity index (χ1n) is 11.0. The van der Waals surface area contributed by atoms with E-state index < -0.39 is 36.5 Å². The van der Waals surface area contributed by atoms with Crippen LogP contribution in [0.3, 0.4) is 0 Å². The van der Waals surface area contributed by atoms with E-state index in [4.69, 9.17) is 0 Å². The molecule has 35 heavy (non-hydrogen) atoms. The Morgan fingerprint density at radius 3 is 2.03 bits per heavy atom. The van der Waals surface area contributed by atoms with Gasteiger partial charge in [0.05, 0.1) is 0 Å². The molecule has 1 fully saturated rings. The zero-order valence-corrected chi connectivity index (χ0v) is 18.6. The van der Waals surface area contributed by atoms with Crippen LogP contribution in [0.4, 0.5) is 13.6 Å². The standard InChI is InChI=1S/C26H23F2N3O4/c27-24(28)35-21-13-11-18(12-14-21)15-16-29-22(32)17-31-23(33)26(30-25(31)34,19-7-3-1-4-8-19)20-9-5-2-6-10-20/h1-14,24H,15-17H2,(H,29,32)(H,30,34). The molecule has 0 unspecified atom stereocenters. The monoisotopic (exact) mass is 479 g/mol.